The number of nitrogens with one attached hydrogen (secondary N) is 3. The van der Waals surface area contributed by atoms with Crippen LogP contribution >= 0.6 is 43.9 Å². The van der Waals surface area contributed by atoms with E-state index in [4.69, 9.17) is 14.2 Å². The van der Waals surface area contributed by atoms with E-state index in [1.165, 1.54) is 47.2 Å². The van der Waals surface area contributed by atoms with E-state index in [-0.39, 0.29) is 30.8 Å². The topological polar surface area (TPSA) is 210 Å². The lowest BCUT2D eigenvalue weighted by Crippen LogP contribution is -2.57. The van der Waals surface area contributed by atoms with E-state index in [0.717, 1.165) is 10.5 Å². The fourth-order valence-corrected chi connectivity index (χ4v) is 7.42. The number of ether oxygens (including phenoxy) is 3. The van der Waals surface area contributed by atoms with Crippen LogP contribution in [0.4, 0.5) is 4.79 Å². The number of hydrogen-bond acceptors (Lipinski definition) is 11. The molecule has 6 amide bonds. The van der Waals surface area contributed by atoms with Crippen LogP contribution in [0.15, 0.2) is 53.6 Å². The van der Waals surface area contributed by atoms with Gasteiger partial charge in [0.2, 0.25) is 23.6 Å². The average molecular weight is 1130 g/mol. The summed E-state index contributed by atoms with van der Waals surface area (Å²) in [5.74, 6) is -6.09. The second-order valence-corrected chi connectivity index (χ2v) is 21.4. The van der Waals surface area contributed by atoms with Crippen LogP contribution in [0.3, 0.4) is 0 Å². The molecule has 65 heavy (non-hydrogen) atoms. The molecule has 1 aromatic rings. The maximum atomic E-state index is 14.2. The third-order valence-corrected chi connectivity index (χ3v) is 14.4. The SMILES string of the molecule is C=IN(I)C(=O)OC1C/C=C(\C)C(=O)OC(CC(C)C)C(=O)NC(C)C(=O)N(C)C(Cc2ccccc2)C(=O)N(C)CC(=O)NC(C(C)CC)C(=O)NC(C)C(=O)OC(/C(C)=C/C)C1C. The van der Waals surface area contributed by atoms with Crippen molar-refractivity contribution in [2.75, 3.05) is 20.6 Å². The van der Waals surface area contributed by atoms with E-state index in [9.17, 15) is 38.4 Å². The lowest BCUT2D eigenvalue weighted by molar-refractivity contribution is -0.155. The molecule has 0 saturated carbocycles. The zero-order chi connectivity index (χ0) is 49.3. The summed E-state index contributed by atoms with van der Waals surface area (Å²) in [6, 6.07) is 4.38. The minimum Gasteiger partial charge on any atom is -0.456 e. The van der Waals surface area contributed by atoms with Gasteiger partial charge in [-0.1, -0.05) is 83.5 Å². The quantitative estimate of drug-likeness (QED) is 0.0944. The number of halogens is 2. The maximum Gasteiger partial charge on any atom is 0.427 e. The number of benzene rings is 1. The van der Waals surface area contributed by atoms with Crippen LogP contribution in [0.2, 0.25) is 0 Å². The number of carbonyl (C=O) groups is 8. The molecule has 1 aliphatic rings. The van der Waals surface area contributed by atoms with E-state index in [1.807, 2.05) is 49.7 Å². The maximum absolute atomic E-state index is 14.2. The molecule has 2 rings (SSSR count). The normalized spacial score (nSPS) is 27.1. The molecule has 3 N–H and O–H groups in total. The Morgan fingerprint density at radius 3 is 2.15 bits per heavy atom. The number of rotatable bonds is 9. The molecule has 0 aromatic heterocycles. The van der Waals surface area contributed by atoms with Crippen LogP contribution in [-0.2, 0) is 54.2 Å². The van der Waals surface area contributed by atoms with Crippen molar-refractivity contribution in [3.63, 3.8) is 0 Å². The Morgan fingerprint density at radius 2 is 1.58 bits per heavy atom. The molecule has 0 fully saturated rings. The van der Waals surface area contributed by atoms with Crippen LogP contribution in [0.25, 0.3) is 0 Å². The van der Waals surface area contributed by atoms with E-state index < -0.39 is 129 Å². The van der Waals surface area contributed by atoms with Gasteiger partial charge in [-0.2, -0.15) is 1.33 Å². The minimum atomic E-state index is -1.31. The van der Waals surface area contributed by atoms with Gasteiger partial charge in [0.25, 0.3) is 5.91 Å². The molecular weight excluding hydrogens is 1070 g/mol. The standard InChI is InChI=1S/C46H68I2N6O11/c1-14-27(5)38-41(57)50-32(10)45(61)65-39(28(6)15-2)30(8)35(64-46(62)54(47)48-11)22-21-29(7)44(60)63-36(23-26(3)4)40(56)49-31(9)42(58)53(13)34(24-33-19-17-16-18-20-33)43(59)52(12)25-37(55)51-38/h15-21,26-27,30-32,34-36,38-39H,11,14,22-25H2,1-10,12-13H3,(H,49,56)(H,50,57)(H,51,55)/b28-15+,29-21+. The smallest absolute Gasteiger partial charge is 0.427 e. The van der Waals surface area contributed by atoms with Gasteiger partial charge >= 0.3 is 18.0 Å². The van der Waals surface area contributed by atoms with Gasteiger partial charge in [0.15, 0.2) is 6.10 Å². The van der Waals surface area contributed by atoms with Gasteiger partial charge in [0, 0.05) is 59.4 Å². The Bertz CT molecular complexity index is 1930. The first-order valence-corrected chi connectivity index (χ1v) is 25.1. The Balaban J connectivity index is 2.74. The van der Waals surface area contributed by atoms with Gasteiger partial charge < -0.3 is 40.0 Å². The van der Waals surface area contributed by atoms with Crippen molar-refractivity contribution in [2.45, 2.75) is 137 Å². The second-order valence-electron chi connectivity index (χ2n) is 16.9. The highest BCUT2D eigenvalue weighted by molar-refractivity contribution is 14.2. The monoisotopic (exact) mass is 1130 g/mol. The number of nitrogens with zero attached hydrogens (tertiary/aromatic N) is 3. The highest BCUT2D eigenvalue weighted by Crippen LogP contribution is 2.28. The van der Waals surface area contributed by atoms with Crippen molar-refractivity contribution in [1.29, 1.82) is 0 Å². The van der Waals surface area contributed by atoms with Crippen LogP contribution in [0, 0.1) is 17.8 Å². The molecule has 1 aliphatic heterocycles. The van der Waals surface area contributed by atoms with E-state index in [0.29, 0.717) is 12.0 Å². The number of cyclic esters (lactones) is 2. The molecule has 1 aromatic carbocycles. The highest BCUT2D eigenvalue weighted by atomic mass is 127. The Hall–Kier alpha value is -4.41. The molecule has 0 bridgehead atoms. The van der Waals surface area contributed by atoms with Gasteiger partial charge in [-0.05, 0) is 68.5 Å². The Kier molecular flexibility index (Phi) is 23.8. The summed E-state index contributed by atoms with van der Waals surface area (Å²) >= 11 is 0.856. The summed E-state index contributed by atoms with van der Waals surface area (Å²) in [6.45, 7) is 16.4. The van der Waals surface area contributed by atoms with Crippen LogP contribution in [0.1, 0.15) is 94.1 Å². The van der Waals surface area contributed by atoms with E-state index in [2.05, 4.69) is 20.5 Å². The van der Waals surface area contributed by atoms with Crippen LogP contribution < -0.4 is 16.0 Å². The third kappa shape index (κ3) is 17.4. The molecule has 9 unspecified atom stereocenters. The number of esters is 2. The van der Waals surface area contributed by atoms with Crippen molar-refractivity contribution in [1.82, 2.24) is 27.1 Å². The summed E-state index contributed by atoms with van der Waals surface area (Å²) in [5, 5.41) is 8.08. The molecule has 362 valence electrons. The summed E-state index contributed by atoms with van der Waals surface area (Å²) in [4.78, 5) is 113. The molecule has 1 heterocycles. The van der Waals surface area contributed by atoms with Gasteiger partial charge in [0.05, 0.1) is 29.4 Å². The molecule has 0 saturated heterocycles. The van der Waals surface area contributed by atoms with E-state index in [1.54, 1.807) is 58.0 Å². The molecule has 19 heteroatoms. The van der Waals surface area contributed by atoms with Gasteiger partial charge in [-0.3, -0.25) is 24.0 Å². The van der Waals surface area contributed by atoms with Gasteiger partial charge in [-0.15, -0.1) is 0 Å². The van der Waals surface area contributed by atoms with Crippen molar-refractivity contribution in [3.8, 4) is 0 Å². The van der Waals surface area contributed by atoms with Crippen molar-refractivity contribution in [3.05, 3.63) is 59.2 Å². The summed E-state index contributed by atoms with van der Waals surface area (Å²) in [5.41, 5.74) is 1.44. The number of likely N-dealkylation sites (N-methyl/N-ethyl adjacent to an activating group) is 2. The predicted octanol–water partition coefficient (Wildman–Crippen LogP) is 5.35. The molecule has 0 spiro atoms. The fraction of sp³-hybridized carbons (Fsp3) is 0.587. The lowest BCUT2D eigenvalue weighted by atomic mass is 9.90. The first-order valence-electron chi connectivity index (χ1n) is 21.7. The van der Waals surface area contributed by atoms with E-state index >= 15 is 0 Å². The number of amides is 6. The van der Waals surface area contributed by atoms with Crippen LogP contribution in [0.5, 0.6) is 0 Å². The molecule has 0 aliphatic carbocycles. The molecule has 9 atom stereocenters. The molecular formula is C46H68I2N6O11. The van der Waals surface area contributed by atoms with Gasteiger partial charge in [-0.25, -0.2) is 14.4 Å². The predicted molar refractivity (Wildman–Crippen MR) is 264 cm³/mol. The Morgan fingerprint density at radius 1 is 0.969 bits per heavy atom. The summed E-state index contributed by atoms with van der Waals surface area (Å²) in [6.07, 6.45) is -0.0214. The zero-order valence-corrected chi connectivity index (χ0v) is 44.0. The molecule has 0 radical (unpaired) electrons. The molecule has 17 nitrogen and oxygen atoms in total. The Labute approximate surface area is 408 Å². The highest BCUT2D eigenvalue weighted by Gasteiger charge is 2.38. The second kappa shape index (κ2) is 27.3. The lowest BCUT2D eigenvalue weighted by Gasteiger charge is -2.33. The average Bonchev–Trinajstić information content (AvgIpc) is 3.27. The summed E-state index contributed by atoms with van der Waals surface area (Å²) in [7, 11) is 2.84. The third-order valence-electron chi connectivity index (χ3n) is 11.3. The first kappa shape index (κ1) is 56.7. The van der Waals surface area contributed by atoms with Crippen molar-refractivity contribution < 1.29 is 52.6 Å². The fourth-order valence-electron chi connectivity index (χ4n) is 6.91. The number of carbonyl (C=O) groups excluding carboxylic acids is 8. The minimum absolute atomic E-state index is 0.0294. The number of hydrogen-bond donors (Lipinski definition) is 3. The largest absolute Gasteiger partial charge is 0.456 e. The summed E-state index contributed by atoms with van der Waals surface area (Å²) < 4.78 is 22.9. The zero-order valence-electron chi connectivity index (χ0n) is 39.6. The first-order chi connectivity index (χ1) is 30.5. The van der Waals surface area contributed by atoms with Crippen LogP contribution in [-0.4, -0.2) is 126 Å². The van der Waals surface area contributed by atoms with Crippen molar-refractivity contribution in [2.24, 2.45) is 17.8 Å². The van der Waals surface area contributed by atoms with Crippen molar-refractivity contribution >= 4 is 96.0 Å². The number of allylic oxidation sites excluding steroid dienone is 1. The van der Waals surface area contributed by atoms with Gasteiger partial charge in [0.1, 0.15) is 36.4 Å².